The van der Waals surface area contributed by atoms with Crippen LogP contribution in [0.25, 0.3) is 11.1 Å². The van der Waals surface area contributed by atoms with Gasteiger partial charge in [-0.2, -0.15) is 0 Å². The minimum Gasteiger partial charge on any atom is -0.480 e. The lowest BCUT2D eigenvalue weighted by Gasteiger charge is -2.22. The molecule has 3 aromatic rings. The lowest BCUT2D eigenvalue weighted by Crippen LogP contribution is -2.33. The van der Waals surface area contributed by atoms with Crippen molar-refractivity contribution in [2.45, 2.75) is 44.8 Å². The van der Waals surface area contributed by atoms with Crippen molar-refractivity contribution in [1.29, 1.82) is 0 Å². The number of carbonyl (C=O) groups excluding carboxylic acids is 2. The summed E-state index contributed by atoms with van der Waals surface area (Å²) in [5.74, 6) is -1.34. The Bertz CT molecular complexity index is 1320. The van der Waals surface area contributed by atoms with Crippen LogP contribution in [0, 0.1) is 0 Å². The molecule has 1 aliphatic rings. The van der Waals surface area contributed by atoms with Gasteiger partial charge in [0.25, 0.3) is 0 Å². The molecule has 198 valence electrons. The molecule has 1 aliphatic carbocycles. The number of amides is 2. The standard InChI is InChI=1S/C29H31N3O6/c1-29(2,3)38-28(36)32-25-14-8-13-24(21(25)15-23(30)26(33)34)31-27(35)37-16-22-19-11-6-4-9-17(19)18-10-5-7-12-20(18)22/h4-14,22-23H,15-16,30H2,1-3H3,(H,31,35)(H,32,36)(H,33,34)/t23-/m0/s1. The van der Waals surface area contributed by atoms with Crippen molar-refractivity contribution < 1.29 is 29.0 Å². The molecular weight excluding hydrogens is 486 g/mol. The maximum absolute atomic E-state index is 12.9. The van der Waals surface area contributed by atoms with E-state index in [-0.39, 0.29) is 30.3 Å². The number of ether oxygens (including phenoxy) is 2. The van der Waals surface area contributed by atoms with Crippen LogP contribution in [0.4, 0.5) is 21.0 Å². The van der Waals surface area contributed by atoms with E-state index < -0.39 is 29.8 Å². The van der Waals surface area contributed by atoms with Crippen molar-refractivity contribution in [1.82, 2.24) is 0 Å². The van der Waals surface area contributed by atoms with Gasteiger partial charge in [0.1, 0.15) is 18.2 Å². The summed E-state index contributed by atoms with van der Waals surface area (Å²) in [7, 11) is 0. The number of hydrogen-bond donors (Lipinski definition) is 4. The highest BCUT2D eigenvalue weighted by Gasteiger charge is 2.29. The van der Waals surface area contributed by atoms with Crippen LogP contribution in [0.3, 0.4) is 0 Å². The Morgan fingerprint density at radius 3 is 1.92 bits per heavy atom. The lowest BCUT2D eigenvalue weighted by atomic mass is 9.98. The molecule has 1 atom stereocenters. The molecule has 0 bridgehead atoms. The third kappa shape index (κ3) is 6.12. The Balaban J connectivity index is 1.52. The number of hydrogen-bond acceptors (Lipinski definition) is 6. The van der Waals surface area contributed by atoms with Crippen LogP contribution in [0.2, 0.25) is 0 Å². The Kier molecular flexibility index (Phi) is 7.68. The first kappa shape index (κ1) is 26.7. The van der Waals surface area contributed by atoms with Gasteiger partial charge in [-0.15, -0.1) is 0 Å². The lowest BCUT2D eigenvalue weighted by molar-refractivity contribution is -0.138. The molecule has 0 heterocycles. The second kappa shape index (κ2) is 10.9. The first-order valence-electron chi connectivity index (χ1n) is 12.3. The molecule has 38 heavy (non-hydrogen) atoms. The SMILES string of the molecule is CC(C)(C)OC(=O)Nc1cccc(NC(=O)OCC2c3ccccc3-c3ccccc32)c1C[C@H](N)C(=O)O. The number of nitrogens with two attached hydrogens (primary N) is 1. The third-order valence-corrected chi connectivity index (χ3v) is 6.13. The molecular formula is C29H31N3O6. The molecule has 5 N–H and O–H groups in total. The summed E-state index contributed by atoms with van der Waals surface area (Å²) in [6, 6.07) is 19.5. The van der Waals surface area contributed by atoms with Crippen LogP contribution in [0.5, 0.6) is 0 Å². The number of anilines is 2. The van der Waals surface area contributed by atoms with Gasteiger partial charge in [-0.3, -0.25) is 15.4 Å². The van der Waals surface area contributed by atoms with Crippen molar-refractivity contribution in [2.75, 3.05) is 17.2 Å². The van der Waals surface area contributed by atoms with E-state index >= 15 is 0 Å². The van der Waals surface area contributed by atoms with Crippen molar-refractivity contribution in [3.05, 3.63) is 83.4 Å². The minimum absolute atomic E-state index is 0.111. The van der Waals surface area contributed by atoms with Crippen molar-refractivity contribution >= 4 is 29.5 Å². The number of rotatable bonds is 7. The molecule has 0 aromatic heterocycles. The summed E-state index contributed by atoms with van der Waals surface area (Å²) in [5, 5.41) is 14.7. The summed E-state index contributed by atoms with van der Waals surface area (Å²) in [6.07, 6.45) is -1.59. The predicted molar refractivity (Wildman–Crippen MR) is 144 cm³/mol. The first-order chi connectivity index (χ1) is 18.0. The molecule has 0 saturated carbocycles. The van der Waals surface area contributed by atoms with Gasteiger partial charge in [0.2, 0.25) is 0 Å². The van der Waals surface area contributed by atoms with Crippen LogP contribution in [0.15, 0.2) is 66.7 Å². The Morgan fingerprint density at radius 1 is 0.868 bits per heavy atom. The number of fused-ring (bicyclic) bond motifs is 3. The van der Waals surface area contributed by atoms with E-state index in [1.165, 1.54) is 0 Å². The van der Waals surface area contributed by atoms with Crippen molar-refractivity contribution in [3.63, 3.8) is 0 Å². The number of carboxylic acid groups (broad SMARTS) is 1. The van der Waals surface area contributed by atoms with Gasteiger partial charge in [-0.25, -0.2) is 9.59 Å². The Labute approximate surface area is 220 Å². The smallest absolute Gasteiger partial charge is 0.412 e. The fourth-order valence-electron chi connectivity index (χ4n) is 4.51. The van der Waals surface area contributed by atoms with Gasteiger partial charge in [-0.1, -0.05) is 54.6 Å². The largest absolute Gasteiger partial charge is 0.480 e. The summed E-state index contributed by atoms with van der Waals surface area (Å²) in [5.41, 5.74) is 10.3. The van der Waals surface area contributed by atoms with Crippen LogP contribution < -0.4 is 16.4 Å². The highest BCUT2D eigenvalue weighted by molar-refractivity contribution is 5.92. The Hall–Kier alpha value is -4.37. The molecule has 0 radical (unpaired) electrons. The molecule has 2 amide bonds. The van der Waals surface area contributed by atoms with Gasteiger partial charge in [0, 0.05) is 29.3 Å². The fourth-order valence-corrected chi connectivity index (χ4v) is 4.51. The molecule has 0 spiro atoms. The fraction of sp³-hybridized carbons (Fsp3) is 0.276. The second-order valence-electron chi connectivity index (χ2n) is 10.1. The zero-order valence-electron chi connectivity index (χ0n) is 21.5. The van der Waals surface area contributed by atoms with E-state index in [0.29, 0.717) is 5.56 Å². The molecule has 0 unspecified atom stereocenters. The third-order valence-electron chi connectivity index (χ3n) is 6.13. The maximum Gasteiger partial charge on any atom is 0.412 e. The van der Waals surface area contributed by atoms with Crippen LogP contribution in [0.1, 0.15) is 43.4 Å². The van der Waals surface area contributed by atoms with Crippen LogP contribution in [-0.2, 0) is 20.7 Å². The highest BCUT2D eigenvalue weighted by Crippen LogP contribution is 2.44. The topological polar surface area (TPSA) is 140 Å². The van der Waals surface area contributed by atoms with Gasteiger partial charge in [-0.05, 0) is 55.2 Å². The van der Waals surface area contributed by atoms with Crippen LogP contribution in [-0.4, -0.2) is 41.5 Å². The first-order valence-corrected chi connectivity index (χ1v) is 12.3. The van der Waals surface area contributed by atoms with E-state index in [2.05, 4.69) is 22.8 Å². The van der Waals surface area contributed by atoms with E-state index in [1.54, 1.807) is 39.0 Å². The molecule has 3 aromatic carbocycles. The maximum atomic E-state index is 12.9. The number of benzene rings is 3. The van der Waals surface area contributed by atoms with E-state index in [9.17, 15) is 19.5 Å². The summed E-state index contributed by atoms with van der Waals surface area (Å²) >= 11 is 0. The summed E-state index contributed by atoms with van der Waals surface area (Å²) < 4.78 is 10.9. The van der Waals surface area contributed by atoms with Gasteiger partial charge in [0.05, 0.1) is 0 Å². The average Bonchev–Trinajstić information content (AvgIpc) is 3.17. The van der Waals surface area contributed by atoms with Gasteiger partial charge in [0.15, 0.2) is 0 Å². The quantitative estimate of drug-likeness (QED) is 0.331. The van der Waals surface area contributed by atoms with Crippen molar-refractivity contribution in [2.24, 2.45) is 5.73 Å². The highest BCUT2D eigenvalue weighted by atomic mass is 16.6. The molecule has 0 aliphatic heterocycles. The van der Waals surface area contributed by atoms with Crippen LogP contribution >= 0.6 is 0 Å². The zero-order chi connectivity index (χ0) is 27.4. The monoisotopic (exact) mass is 517 g/mol. The van der Waals surface area contributed by atoms with E-state index in [0.717, 1.165) is 22.3 Å². The number of aliphatic carboxylic acids is 1. The molecule has 4 rings (SSSR count). The molecule has 9 nitrogen and oxygen atoms in total. The van der Waals surface area contributed by atoms with E-state index in [4.69, 9.17) is 15.2 Å². The minimum atomic E-state index is -1.26. The molecule has 9 heteroatoms. The van der Waals surface area contributed by atoms with E-state index in [1.807, 2.05) is 36.4 Å². The Morgan fingerprint density at radius 2 is 1.39 bits per heavy atom. The number of nitrogens with one attached hydrogen (secondary N) is 2. The second-order valence-corrected chi connectivity index (χ2v) is 10.1. The zero-order valence-corrected chi connectivity index (χ0v) is 21.5. The normalized spacial score (nSPS) is 13.2. The number of carbonyl (C=O) groups is 3. The predicted octanol–water partition coefficient (Wildman–Crippen LogP) is 5.35. The number of carboxylic acids is 1. The van der Waals surface area contributed by atoms with Crippen molar-refractivity contribution in [3.8, 4) is 11.1 Å². The average molecular weight is 518 g/mol. The summed E-state index contributed by atoms with van der Waals surface area (Å²) in [6.45, 7) is 5.29. The van der Waals surface area contributed by atoms with Gasteiger partial charge >= 0.3 is 18.2 Å². The summed E-state index contributed by atoms with van der Waals surface area (Å²) in [4.78, 5) is 36.7. The molecule has 0 fully saturated rings. The van der Waals surface area contributed by atoms with Gasteiger partial charge < -0.3 is 20.3 Å². The molecule has 0 saturated heterocycles.